The molecule has 7 heteroatoms. The highest BCUT2D eigenvalue weighted by atomic mass is 16.6. The minimum absolute atomic E-state index is 0.398. The van der Waals surface area contributed by atoms with Gasteiger partial charge in [0.05, 0.1) is 6.21 Å². The SMILES string of the molecule is CNc1ncnc(Oc2ccc3[nH]ccc3c2)c1C=NOC. The molecule has 2 heterocycles. The second-order valence-corrected chi connectivity index (χ2v) is 4.44. The first-order chi connectivity index (χ1) is 10.8. The highest BCUT2D eigenvalue weighted by molar-refractivity contribution is 5.89. The molecule has 0 radical (unpaired) electrons. The van der Waals surface area contributed by atoms with Gasteiger partial charge in [0.25, 0.3) is 0 Å². The van der Waals surface area contributed by atoms with Gasteiger partial charge in [-0.05, 0) is 24.3 Å². The summed E-state index contributed by atoms with van der Waals surface area (Å²) < 4.78 is 5.87. The van der Waals surface area contributed by atoms with Crippen molar-refractivity contribution in [3.05, 3.63) is 42.4 Å². The quantitative estimate of drug-likeness (QED) is 0.559. The highest BCUT2D eigenvalue weighted by Gasteiger charge is 2.11. The molecule has 1 aromatic carbocycles. The molecular weight excluding hydrogens is 282 g/mol. The van der Waals surface area contributed by atoms with E-state index in [1.807, 2.05) is 30.5 Å². The Bertz CT molecular complexity index is 813. The summed E-state index contributed by atoms with van der Waals surface area (Å²) in [6.45, 7) is 0. The maximum atomic E-state index is 5.87. The van der Waals surface area contributed by atoms with Gasteiger partial charge in [-0.2, -0.15) is 0 Å². The predicted octanol–water partition coefficient (Wildman–Crippen LogP) is 2.77. The summed E-state index contributed by atoms with van der Waals surface area (Å²) in [6.07, 6.45) is 4.82. The van der Waals surface area contributed by atoms with Gasteiger partial charge in [-0.15, -0.1) is 0 Å². The number of rotatable bonds is 5. The van der Waals surface area contributed by atoms with Crippen LogP contribution < -0.4 is 10.1 Å². The number of ether oxygens (including phenoxy) is 1. The van der Waals surface area contributed by atoms with Crippen LogP contribution in [0.25, 0.3) is 10.9 Å². The molecule has 3 aromatic rings. The van der Waals surface area contributed by atoms with Crippen LogP contribution in [0.2, 0.25) is 0 Å². The van der Waals surface area contributed by atoms with Gasteiger partial charge in [-0.1, -0.05) is 5.16 Å². The van der Waals surface area contributed by atoms with Gasteiger partial charge >= 0.3 is 0 Å². The number of aromatic nitrogens is 3. The van der Waals surface area contributed by atoms with Crippen LogP contribution in [0.3, 0.4) is 0 Å². The number of hydrogen-bond acceptors (Lipinski definition) is 6. The number of aromatic amines is 1. The molecule has 0 spiro atoms. The van der Waals surface area contributed by atoms with E-state index >= 15 is 0 Å². The number of fused-ring (bicyclic) bond motifs is 1. The van der Waals surface area contributed by atoms with Gasteiger partial charge in [0.15, 0.2) is 0 Å². The summed E-state index contributed by atoms with van der Waals surface area (Å²) in [7, 11) is 3.24. The van der Waals surface area contributed by atoms with Gasteiger partial charge < -0.3 is 19.9 Å². The highest BCUT2D eigenvalue weighted by Crippen LogP contribution is 2.27. The lowest BCUT2D eigenvalue weighted by molar-refractivity contribution is 0.215. The number of benzene rings is 1. The Labute approximate surface area is 127 Å². The van der Waals surface area contributed by atoms with Crippen LogP contribution in [0, 0.1) is 0 Å². The van der Waals surface area contributed by atoms with E-state index in [1.54, 1.807) is 7.05 Å². The van der Waals surface area contributed by atoms with Gasteiger partial charge in [0, 0.05) is 24.1 Å². The summed E-state index contributed by atoms with van der Waals surface area (Å²) in [6, 6.07) is 7.74. The number of nitrogens with zero attached hydrogens (tertiary/aromatic N) is 3. The molecule has 112 valence electrons. The molecule has 0 aliphatic heterocycles. The fourth-order valence-corrected chi connectivity index (χ4v) is 2.09. The van der Waals surface area contributed by atoms with Crippen molar-refractivity contribution in [3.8, 4) is 11.6 Å². The second-order valence-electron chi connectivity index (χ2n) is 4.44. The molecule has 0 bridgehead atoms. The van der Waals surface area contributed by atoms with E-state index in [2.05, 4.69) is 25.4 Å². The van der Waals surface area contributed by atoms with E-state index in [9.17, 15) is 0 Å². The van der Waals surface area contributed by atoms with Gasteiger partial charge in [0.1, 0.15) is 30.6 Å². The van der Waals surface area contributed by atoms with E-state index < -0.39 is 0 Å². The molecule has 0 aliphatic carbocycles. The van der Waals surface area contributed by atoms with Crippen LogP contribution >= 0.6 is 0 Å². The fourth-order valence-electron chi connectivity index (χ4n) is 2.09. The van der Waals surface area contributed by atoms with E-state index in [0.29, 0.717) is 23.0 Å². The molecule has 3 rings (SSSR count). The Morgan fingerprint density at radius 1 is 1.27 bits per heavy atom. The standard InChI is InChI=1S/C15H15N5O2/c1-16-14-12(8-20-21-2)15(19-9-18-14)22-11-3-4-13-10(7-11)5-6-17-13/h3-9,17H,1-2H3,(H,16,18,19). The Morgan fingerprint density at radius 3 is 3.00 bits per heavy atom. The maximum absolute atomic E-state index is 5.87. The van der Waals surface area contributed by atoms with Crippen molar-refractivity contribution in [2.45, 2.75) is 0 Å². The van der Waals surface area contributed by atoms with E-state index in [1.165, 1.54) is 19.7 Å². The number of hydrogen-bond donors (Lipinski definition) is 2. The molecule has 2 N–H and O–H groups in total. The number of anilines is 1. The number of H-pyrrole nitrogens is 1. The van der Waals surface area contributed by atoms with Crippen molar-refractivity contribution in [1.29, 1.82) is 0 Å². The Hall–Kier alpha value is -3.09. The second kappa shape index (κ2) is 6.13. The predicted molar refractivity (Wildman–Crippen MR) is 84.6 cm³/mol. The van der Waals surface area contributed by atoms with Gasteiger partial charge in [-0.3, -0.25) is 0 Å². The van der Waals surface area contributed by atoms with Crippen LogP contribution in [0.1, 0.15) is 5.56 Å². The molecule has 0 fully saturated rings. The third-order valence-corrected chi connectivity index (χ3v) is 3.11. The minimum atomic E-state index is 0.398. The van der Waals surface area contributed by atoms with E-state index in [0.717, 1.165) is 10.9 Å². The van der Waals surface area contributed by atoms with Crippen LogP contribution in [-0.4, -0.2) is 35.3 Å². The third kappa shape index (κ3) is 2.69. The van der Waals surface area contributed by atoms with Crippen LogP contribution in [-0.2, 0) is 4.84 Å². The van der Waals surface area contributed by atoms with Crippen molar-refractivity contribution in [2.24, 2.45) is 5.16 Å². The van der Waals surface area contributed by atoms with E-state index in [-0.39, 0.29) is 0 Å². The van der Waals surface area contributed by atoms with Crippen molar-refractivity contribution in [3.63, 3.8) is 0 Å². The lowest BCUT2D eigenvalue weighted by Crippen LogP contribution is -2.03. The molecule has 22 heavy (non-hydrogen) atoms. The summed E-state index contributed by atoms with van der Waals surface area (Å²) in [4.78, 5) is 16.2. The average molecular weight is 297 g/mol. The molecule has 0 aliphatic rings. The monoisotopic (exact) mass is 297 g/mol. The topological polar surface area (TPSA) is 84.4 Å². The Balaban J connectivity index is 1.98. The zero-order valence-electron chi connectivity index (χ0n) is 12.2. The molecule has 0 atom stereocenters. The average Bonchev–Trinajstić information content (AvgIpc) is 3.01. The Morgan fingerprint density at radius 2 is 2.18 bits per heavy atom. The fraction of sp³-hybridized carbons (Fsp3) is 0.133. The maximum Gasteiger partial charge on any atom is 0.233 e. The van der Waals surface area contributed by atoms with Crippen molar-refractivity contribution >= 4 is 22.9 Å². The molecule has 2 aromatic heterocycles. The van der Waals surface area contributed by atoms with Gasteiger partial charge in [0.2, 0.25) is 5.88 Å². The summed E-state index contributed by atoms with van der Waals surface area (Å²) >= 11 is 0. The molecule has 0 amide bonds. The minimum Gasteiger partial charge on any atom is -0.438 e. The van der Waals surface area contributed by atoms with Gasteiger partial charge in [-0.25, -0.2) is 9.97 Å². The number of oxime groups is 1. The van der Waals surface area contributed by atoms with Crippen LogP contribution in [0.5, 0.6) is 11.6 Å². The molecule has 0 unspecified atom stereocenters. The first-order valence-electron chi connectivity index (χ1n) is 6.66. The summed E-state index contributed by atoms with van der Waals surface area (Å²) in [5.74, 6) is 1.68. The summed E-state index contributed by atoms with van der Waals surface area (Å²) in [5.41, 5.74) is 1.66. The lowest BCUT2D eigenvalue weighted by Gasteiger charge is -2.10. The molecule has 0 saturated carbocycles. The van der Waals surface area contributed by atoms with Crippen LogP contribution in [0.15, 0.2) is 41.9 Å². The van der Waals surface area contributed by atoms with Crippen molar-refractivity contribution in [1.82, 2.24) is 15.0 Å². The zero-order chi connectivity index (χ0) is 15.4. The zero-order valence-corrected chi connectivity index (χ0v) is 12.2. The molecular formula is C15H15N5O2. The van der Waals surface area contributed by atoms with E-state index in [4.69, 9.17) is 9.57 Å². The summed E-state index contributed by atoms with van der Waals surface area (Å²) in [5, 5.41) is 7.80. The first kappa shape index (κ1) is 13.9. The van der Waals surface area contributed by atoms with Crippen molar-refractivity contribution in [2.75, 3.05) is 19.5 Å². The first-order valence-corrected chi connectivity index (χ1v) is 6.66. The third-order valence-electron chi connectivity index (χ3n) is 3.11. The van der Waals surface area contributed by atoms with Crippen molar-refractivity contribution < 1.29 is 9.57 Å². The molecule has 7 nitrogen and oxygen atoms in total. The molecule has 0 saturated heterocycles. The Kier molecular flexibility index (Phi) is 3.86. The lowest BCUT2D eigenvalue weighted by atomic mass is 10.2. The number of nitrogens with one attached hydrogen (secondary N) is 2. The van der Waals surface area contributed by atoms with Crippen LogP contribution in [0.4, 0.5) is 5.82 Å². The smallest absolute Gasteiger partial charge is 0.233 e. The largest absolute Gasteiger partial charge is 0.438 e. The normalized spacial score (nSPS) is 11.0.